The highest BCUT2D eigenvalue weighted by atomic mass is 16.5. The van der Waals surface area contributed by atoms with Gasteiger partial charge in [0.05, 0.1) is 0 Å². The van der Waals surface area contributed by atoms with Crippen molar-refractivity contribution in [3.63, 3.8) is 0 Å². The first-order valence-electron chi connectivity index (χ1n) is 7.56. The second-order valence-corrected chi connectivity index (χ2v) is 5.57. The molecule has 0 saturated carbocycles. The first-order chi connectivity index (χ1) is 11.0. The summed E-state index contributed by atoms with van der Waals surface area (Å²) in [4.78, 5) is 24.3. The van der Waals surface area contributed by atoms with Crippen LogP contribution in [0.4, 0.5) is 5.69 Å². The van der Waals surface area contributed by atoms with Crippen molar-refractivity contribution in [1.82, 2.24) is 0 Å². The number of ether oxygens (including phenoxy) is 1. The van der Waals surface area contributed by atoms with Gasteiger partial charge in [-0.1, -0.05) is 48.5 Å². The third kappa shape index (κ3) is 4.42. The standard InChI is InChI=1S/C19H21NO3/c1-13-8-7-9-14(2)17(13)20-18(21)15(3)19(22)23-12-16-10-5-4-6-11-16/h4-11,15H,12H2,1-3H3,(H,20,21). The molecule has 0 fully saturated rings. The fourth-order valence-electron chi connectivity index (χ4n) is 2.20. The van der Waals surface area contributed by atoms with Gasteiger partial charge in [-0.05, 0) is 37.5 Å². The summed E-state index contributed by atoms with van der Waals surface area (Å²) in [6, 6.07) is 15.1. The zero-order chi connectivity index (χ0) is 16.8. The van der Waals surface area contributed by atoms with Crippen LogP contribution in [-0.2, 0) is 20.9 Å². The van der Waals surface area contributed by atoms with Crippen molar-refractivity contribution in [2.24, 2.45) is 5.92 Å². The average molecular weight is 311 g/mol. The van der Waals surface area contributed by atoms with Crippen molar-refractivity contribution in [3.8, 4) is 0 Å². The Kier molecular flexibility index (Phi) is 5.52. The smallest absolute Gasteiger partial charge is 0.318 e. The molecule has 1 atom stereocenters. The molecule has 23 heavy (non-hydrogen) atoms. The molecule has 120 valence electrons. The number of anilines is 1. The lowest BCUT2D eigenvalue weighted by Gasteiger charge is -2.15. The number of hydrogen-bond acceptors (Lipinski definition) is 3. The lowest BCUT2D eigenvalue weighted by molar-refractivity contribution is -0.151. The molecule has 2 aromatic rings. The van der Waals surface area contributed by atoms with Crippen molar-refractivity contribution >= 4 is 17.6 Å². The van der Waals surface area contributed by atoms with Gasteiger partial charge in [0, 0.05) is 5.69 Å². The van der Waals surface area contributed by atoms with Crippen LogP contribution in [0.1, 0.15) is 23.6 Å². The molecular formula is C19H21NO3. The lowest BCUT2D eigenvalue weighted by atomic mass is 10.1. The fourth-order valence-corrected chi connectivity index (χ4v) is 2.20. The van der Waals surface area contributed by atoms with Crippen molar-refractivity contribution < 1.29 is 14.3 Å². The summed E-state index contributed by atoms with van der Waals surface area (Å²) in [5.74, 6) is -1.75. The number of hydrogen-bond donors (Lipinski definition) is 1. The summed E-state index contributed by atoms with van der Waals surface area (Å²) in [6.07, 6.45) is 0. The van der Waals surface area contributed by atoms with Crippen LogP contribution < -0.4 is 5.32 Å². The Morgan fingerprint density at radius 2 is 1.61 bits per heavy atom. The Bertz CT molecular complexity index is 675. The van der Waals surface area contributed by atoms with Crippen LogP contribution in [0.25, 0.3) is 0 Å². The van der Waals surface area contributed by atoms with E-state index in [2.05, 4.69) is 5.32 Å². The number of rotatable bonds is 5. The normalized spacial score (nSPS) is 11.6. The molecular weight excluding hydrogens is 290 g/mol. The Labute approximate surface area is 136 Å². The van der Waals surface area contributed by atoms with E-state index in [1.165, 1.54) is 0 Å². The van der Waals surface area contributed by atoms with Crippen LogP contribution >= 0.6 is 0 Å². The van der Waals surface area contributed by atoms with Crippen molar-refractivity contribution in [3.05, 3.63) is 65.2 Å². The highest BCUT2D eigenvalue weighted by molar-refractivity contribution is 6.05. The molecule has 0 aromatic heterocycles. The van der Waals surface area contributed by atoms with Gasteiger partial charge in [-0.3, -0.25) is 9.59 Å². The summed E-state index contributed by atoms with van der Waals surface area (Å²) in [7, 11) is 0. The van der Waals surface area contributed by atoms with Gasteiger partial charge >= 0.3 is 5.97 Å². The van der Waals surface area contributed by atoms with E-state index < -0.39 is 11.9 Å². The number of amides is 1. The molecule has 1 amide bonds. The Balaban J connectivity index is 1.95. The van der Waals surface area contributed by atoms with Crippen molar-refractivity contribution in [2.45, 2.75) is 27.4 Å². The number of para-hydroxylation sites is 1. The van der Waals surface area contributed by atoms with E-state index in [0.29, 0.717) is 0 Å². The summed E-state index contributed by atoms with van der Waals surface area (Å²) in [5.41, 5.74) is 3.56. The molecule has 0 saturated heterocycles. The van der Waals surface area contributed by atoms with E-state index in [-0.39, 0.29) is 12.5 Å². The zero-order valence-corrected chi connectivity index (χ0v) is 13.6. The van der Waals surface area contributed by atoms with Gasteiger partial charge in [-0.25, -0.2) is 0 Å². The first kappa shape index (κ1) is 16.7. The van der Waals surface area contributed by atoms with E-state index in [1.54, 1.807) is 6.92 Å². The Morgan fingerprint density at radius 1 is 1.00 bits per heavy atom. The second kappa shape index (κ2) is 7.58. The summed E-state index contributed by atoms with van der Waals surface area (Å²) >= 11 is 0. The molecule has 1 unspecified atom stereocenters. The number of aryl methyl sites for hydroxylation is 2. The molecule has 2 rings (SSSR count). The summed E-state index contributed by atoms with van der Waals surface area (Å²) in [6.45, 7) is 5.55. The highest BCUT2D eigenvalue weighted by Crippen LogP contribution is 2.20. The van der Waals surface area contributed by atoms with Gasteiger partial charge in [0.15, 0.2) is 0 Å². The Hall–Kier alpha value is -2.62. The molecule has 0 aliphatic carbocycles. The predicted octanol–water partition coefficient (Wildman–Crippen LogP) is 3.62. The van der Waals surface area contributed by atoms with Crippen LogP contribution in [0.5, 0.6) is 0 Å². The minimum Gasteiger partial charge on any atom is -0.460 e. The van der Waals surface area contributed by atoms with E-state index >= 15 is 0 Å². The van der Waals surface area contributed by atoms with Crippen LogP contribution in [0.15, 0.2) is 48.5 Å². The molecule has 0 heterocycles. The molecule has 0 aliphatic rings. The van der Waals surface area contributed by atoms with E-state index in [4.69, 9.17) is 4.74 Å². The van der Waals surface area contributed by atoms with Gasteiger partial charge in [0.25, 0.3) is 0 Å². The second-order valence-electron chi connectivity index (χ2n) is 5.57. The molecule has 0 spiro atoms. The van der Waals surface area contributed by atoms with Crippen LogP contribution in [0.3, 0.4) is 0 Å². The molecule has 0 aliphatic heterocycles. The minimum absolute atomic E-state index is 0.167. The molecule has 2 aromatic carbocycles. The van der Waals surface area contributed by atoms with Gasteiger partial charge in [0.2, 0.25) is 5.91 Å². The van der Waals surface area contributed by atoms with Gasteiger partial charge < -0.3 is 10.1 Å². The number of carbonyl (C=O) groups excluding carboxylic acids is 2. The lowest BCUT2D eigenvalue weighted by Crippen LogP contribution is -2.29. The molecule has 0 bridgehead atoms. The fraction of sp³-hybridized carbons (Fsp3) is 0.263. The molecule has 1 N–H and O–H groups in total. The first-order valence-corrected chi connectivity index (χ1v) is 7.56. The molecule has 4 nitrogen and oxygen atoms in total. The summed E-state index contributed by atoms with van der Waals surface area (Å²) < 4.78 is 5.21. The van der Waals surface area contributed by atoms with Crippen molar-refractivity contribution in [1.29, 1.82) is 0 Å². The van der Waals surface area contributed by atoms with Gasteiger partial charge in [0.1, 0.15) is 12.5 Å². The quantitative estimate of drug-likeness (QED) is 0.678. The SMILES string of the molecule is Cc1cccc(C)c1NC(=O)C(C)C(=O)OCc1ccccc1. The molecule has 0 radical (unpaired) electrons. The minimum atomic E-state index is -0.863. The van der Waals surface area contributed by atoms with Crippen LogP contribution in [0.2, 0.25) is 0 Å². The maximum atomic E-state index is 12.3. The number of esters is 1. The molecule has 4 heteroatoms. The van der Waals surface area contributed by atoms with Gasteiger partial charge in [-0.2, -0.15) is 0 Å². The Morgan fingerprint density at radius 3 is 2.22 bits per heavy atom. The maximum Gasteiger partial charge on any atom is 0.318 e. The number of carbonyl (C=O) groups is 2. The van der Waals surface area contributed by atoms with E-state index in [9.17, 15) is 9.59 Å². The third-order valence-electron chi connectivity index (χ3n) is 3.70. The number of benzene rings is 2. The highest BCUT2D eigenvalue weighted by Gasteiger charge is 2.24. The summed E-state index contributed by atoms with van der Waals surface area (Å²) in [5, 5.41) is 2.82. The van der Waals surface area contributed by atoms with Crippen molar-refractivity contribution in [2.75, 3.05) is 5.32 Å². The topological polar surface area (TPSA) is 55.4 Å². The van der Waals surface area contributed by atoms with E-state index in [1.807, 2.05) is 62.4 Å². The zero-order valence-electron chi connectivity index (χ0n) is 13.6. The maximum absolute atomic E-state index is 12.3. The third-order valence-corrected chi connectivity index (χ3v) is 3.70. The number of nitrogens with one attached hydrogen (secondary N) is 1. The monoisotopic (exact) mass is 311 g/mol. The van der Waals surface area contributed by atoms with E-state index in [0.717, 1.165) is 22.4 Å². The van der Waals surface area contributed by atoms with Crippen LogP contribution in [-0.4, -0.2) is 11.9 Å². The average Bonchev–Trinajstić information content (AvgIpc) is 2.56. The van der Waals surface area contributed by atoms with Gasteiger partial charge in [-0.15, -0.1) is 0 Å². The predicted molar refractivity (Wildman–Crippen MR) is 89.9 cm³/mol. The largest absolute Gasteiger partial charge is 0.460 e. The van der Waals surface area contributed by atoms with Crippen LogP contribution in [0, 0.1) is 19.8 Å².